The zero-order valence-electron chi connectivity index (χ0n) is 14.9. The normalized spacial score (nSPS) is 20.4. The van der Waals surface area contributed by atoms with Crippen LogP contribution in [0.3, 0.4) is 0 Å². The zero-order valence-corrected chi connectivity index (χ0v) is 17.3. The van der Waals surface area contributed by atoms with E-state index in [0.29, 0.717) is 12.2 Å². The van der Waals surface area contributed by atoms with Gasteiger partial charge in [0.1, 0.15) is 0 Å². The monoisotopic (exact) mass is 457 g/mol. The molecule has 5 nitrogen and oxygen atoms in total. The van der Waals surface area contributed by atoms with Crippen LogP contribution in [0.1, 0.15) is 38.2 Å². The van der Waals surface area contributed by atoms with E-state index in [-0.39, 0.29) is 24.0 Å². The van der Waals surface area contributed by atoms with Gasteiger partial charge in [-0.05, 0) is 55.7 Å². The minimum atomic E-state index is 0. The molecule has 0 bridgehead atoms. The van der Waals surface area contributed by atoms with Crippen molar-refractivity contribution in [1.82, 2.24) is 10.2 Å². The van der Waals surface area contributed by atoms with Crippen LogP contribution in [0.4, 0.5) is 0 Å². The van der Waals surface area contributed by atoms with E-state index >= 15 is 0 Å². The summed E-state index contributed by atoms with van der Waals surface area (Å²) >= 11 is 0. The molecule has 25 heavy (non-hydrogen) atoms. The van der Waals surface area contributed by atoms with Crippen LogP contribution in [0.15, 0.2) is 23.2 Å². The van der Waals surface area contributed by atoms with Crippen LogP contribution in [-0.4, -0.2) is 43.8 Å². The van der Waals surface area contributed by atoms with Gasteiger partial charge in [-0.15, -0.1) is 24.0 Å². The van der Waals surface area contributed by atoms with Crippen LogP contribution in [0.25, 0.3) is 0 Å². The standard InChI is InChI=1S/C19H27N3O2.HI/c1-2-20-18(22-11-9-19(13-22)7-3-8-19)21-10-6-15-4-5-16-17(12-15)24-14-23-16;/h4-5,12H,2-3,6-11,13-14H2,1H3,(H,20,21);1H. The number of nitrogens with zero attached hydrogens (tertiary/aromatic N) is 2. The number of aliphatic imine (C=N–C) groups is 1. The van der Waals surface area contributed by atoms with E-state index in [0.717, 1.165) is 43.5 Å². The molecule has 1 aromatic carbocycles. The molecule has 6 heteroatoms. The van der Waals surface area contributed by atoms with Crippen molar-refractivity contribution in [3.8, 4) is 11.5 Å². The fourth-order valence-corrected chi connectivity index (χ4v) is 4.01. The maximum Gasteiger partial charge on any atom is 0.231 e. The highest BCUT2D eigenvalue weighted by atomic mass is 127. The molecule has 1 N–H and O–H groups in total. The average Bonchev–Trinajstić information content (AvgIpc) is 3.20. The molecule has 0 radical (unpaired) electrons. The van der Waals surface area contributed by atoms with Crippen molar-refractivity contribution in [3.05, 3.63) is 23.8 Å². The summed E-state index contributed by atoms with van der Waals surface area (Å²) in [6.45, 7) is 6.53. The highest BCUT2D eigenvalue weighted by Crippen LogP contribution is 2.47. The summed E-state index contributed by atoms with van der Waals surface area (Å²) in [4.78, 5) is 7.33. The summed E-state index contributed by atoms with van der Waals surface area (Å²) in [7, 11) is 0. The van der Waals surface area contributed by atoms with Crippen molar-refractivity contribution in [2.24, 2.45) is 10.4 Å². The van der Waals surface area contributed by atoms with E-state index in [2.05, 4.69) is 29.3 Å². The second-order valence-corrected chi connectivity index (χ2v) is 7.20. The second kappa shape index (κ2) is 8.01. The van der Waals surface area contributed by atoms with Crippen molar-refractivity contribution < 1.29 is 9.47 Å². The van der Waals surface area contributed by atoms with Gasteiger partial charge in [-0.3, -0.25) is 4.99 Å². The fraction of sp³-hybridized carbons (Fsp3) is 0.632. The number of nitrogens with one attached hydrogen (secondary N) is 1. The van der Waals surface area contributed by atoms with E-state index in [1.807, 2.05) is 6.07 Å². The van der Waals surface area contributed by atoms with Crippen LogP contribution in [0.5, 0.6) is 11.5 Å². The van der Waals surface area contributed by atoms with Crippen molar-refractivity contribution in [2.45, 2.75) is 39.0 Å². The maximum atomic E-state index is 5.45. The Labute approximate surface area is 167 Å². The summed E-state index contributed by atoms with van der Waals surface area (Å²) in [5.41, 5.74) is 1.85. The highest BCUT2D eigenvalue weighted by molar-refractivity contribution is 14.0. The van der Waals surface area contributed by atoms with Crippen LogP contribution >= 0.6 is 24.0 Å². The number of benzene rings is 1. The summed E-state index contributed by atoms with van der Waals surface area (Å²) in [5.74, 6) is 2.79. The third-order valence-corrected chi connectivity index (χ3v) is 5.59. The van der Waals surface area contributed by atoms with Crippen molar-refractivity contribution in [3.63, 3.8) is 0 Å². The number of hydrogen-bond donors (Lipinski definition) is 1. The van der Waals surface area contributed by atoms with Gasteiger partial charge < -0.3 is 19.7 Å². The quantitative estimate of drug-likeness (QED) is 0.428. The number of hydrogen-bond acceptors (Lipinski definition) is 3. The van der Waals surface area contributed by atoms with E-state index < -0.39 is 0 Å². The van der Waals surface area contributed by atoms with Crippen LogP contribution in [0, 0.1) is 5.41 Å². The van der Waals surface area contributed by atoms with Crippen LogP contribution in [-0.2, 0) is 6.42 Å². The average molecular weight is 457 g/mol. The topological polar surface area (TPSA) is 46.1 Å². The predicted octanol–water partition coefficient (Wildman–Crippen LogP) is 3.42. The first-order valence-corrected chi connectivity index (χ1v) is 9.20. The van der Waals surface area contributed by atoms with Gasteiger partial charge in [0.05, 0.1) is 0 Å². The number of ether oxygens (including phenoxy) is 2. The summed E-state index contributed by atoms with van der Waals surface area (Å²) in [6.07, 6.45) is 6.47. The molecule has 1 aromatic rings. The van der Waals surface area contributed by atoms with Crippen molar-refractivity contribution in [1.29, 1.82) is 0 Å². The Bertz CT molecular complexity index is 631. The molecule has 1 spiro atoms. The molecule has 3 aliphatic rings. The molecule has 0 atom stereocenters. The van der Waals surface area contributed by atoms with Gasteiger partial charge in [0.15, 0.2) is 17.5 Å². The van der Waals surface area contributed by atoms with Crippen molar-refractivity contribution in [2.75, 3.05) is 33.0 Å². The molecule has 4 rings (SSSR count). The largest absolute Gasteiger partial charge is 0.454 e. The lowest BCUT2D eigenvalue weighted by atomic mass is 9.68. The Morgan fingerprint density at radius 1 is 1.24 bits per heavy atom. The molecule has 1 aliphatic carbocycles. The molecule has 1 saturated carbocycles. The van der Waals surface area contributed by atoms with Gasteiger partial charge in [0.25, 0.3) is 0 Å². The Morgan fingerprint density at radius 2 is 2.08 bits per heavy atom. The molecule has 2 heterocycles. The first-order valence-electron chi connectivity index (χ1n) is 9.20. The molecular formula is C19H28IN3O2. The zero-order chi connectivity index (χ0) is 16.4. The number of halogens is 1. The summed E-state index contributed by atoms with van der Waals surface area (Å²) in [5, 5.41) is 3.47. The van der Waals surface area contributed by atoms with Crippen LogP contribution < -0.4 is 14.8 Å². The van der Waals surface area contributed by atoms with E-state index in [4.69, 9.17) is 14.5 Å². The van der Waals surface area contributed by atoms with Crippen LogP contribution in [0.2, 0.25) is 0 Å². The van der Waals surface area contributed by atoms with Gasteiger partial charge in [0.2, 0.25) is 6.79 Å². The molecule has 0 unspecified atom stereocenters. The van der Waals surface area contributed by atoms with Gasteiger partial charge >= 0.3 is 0 Å². The maximum absolute atomic E-state index is 5.45. The molecule has 2 aliphatic heterocycles. The number of rotatable bonds is 4. The van der Waals surface area contributed by atoms with Gasteiger partial charge in [-0.1, -0.05) is 12.5 Å². The Balaban J connectivity index is 0.00000182. The Morgan fingerprint density at radius 3 is 2.80 bits per heavy atom. The van der Waals surface area contributed by atoms with Crippen molar-refractivity contribution >= 4 is 29.9 Å². The first kappa shape index (κ1) is 18.6. The smallest absolute Gasteiger partial charge is 0.231 e. The molecule has 0 amide bonds. The summed E-state index contributed by atoms with van der Waals surface area (Å²) in [6, 6.07) is 6.17. The summed E-state index contributed by atoms with van der Waals surface area (Å²) < 4.78 is 10.8. The Hall–Kier alpha value is -1.18. The lowest BCUT2D eigenvalue weighted by Gasteiger charge is -2.38. The molecule has 2 fully saturated rings. The fourth-order valence-electron chi connectivity index (χ4n) is 4.01. The van der Waals surface area contributed by atoms with Gasteiger partial charge in [0, 0.05) is 26.2 Å². The Kier molecular flexibility index (Phi) is 5.96. The SMILES string of the molecule is CCNC(=NCCc1ccc2c(c1)OCO2)N1CCC2(CCC2)C1.I. The molecule has 138 valence electrons. The molecule has 1 saturated heterocycles. The number of fused-ring (bicyclic) bond motifs is 1. The third-order valence-electron chi connectivity index (χ3n) is 5.59. The first-order chi connectivity index (χ1) is 11.8. The minimum absolute atomic E-state index is 0. The second-order valence-electron chi connectivity index (χ2n) is 7.20. The number of guanidine groups is 1. The molecule has 0 aromatic heterocycles. The van der Waals surface area contributed by atoms with E-state index in [1.165, 1.54) is 37.8 Å². The van der Waals surface area contributed by atoms with E-state index in [1.54, 1.807) is 0 Å². The van der Waals surface area contributed by atoms with E-state index in [9.17, 15) is 0 Å². The van der Waals surface area contributed by atoms with Gasteiger partial charge in [-0.25, -0.2) is 0 Å². The lowest BCUT2D eigenvalue weighted by molar-refractivity contribution is 0.151. The molecular weight excluding hydrogens is 429 g/mol. The third kappa shape index (κ3) is 3.99. The minimum Gasteiger partial charge on any atom is -0.454 e. The lowest BCUT2D eigenvalue weighted by Crippen LogP contribution is -2.42. The predicted molar refractivity (Wildman–Crippen MR) is 110 cm³/mol. The number of likely N-dealkylation sites (tertiary alicyclic amines) is 1. The van der Waals surface area contributed by atoms with Gasteiger partial charge in [-0.2, -0.15) is 0 Å². The highest BCUT2D eigenvalue weighted by Gasteiger charge is 2.43.